The minimum atomic E-state index is -0.128. The highest BCUT2D eigenvalue weighted by Crippen LogP contribution is 2.35. The van der Waals surface area contributed by atoms with E-state index >= 15 is 0 Å². The minimum Gasteiger partial charge on any atom is -0.497 e. The molecule has 4 aromatic rings. The molecule has 3 N–H and O–H groups in total. The number of ether oxygens (including phenoxy) is 1. The lowest BCUT2D eigenvalue weighted by molar-refractivity contribution is 0.0832. The highest BCUT2D eigenvalue weighted by Gasteiger charge is 2.18. The van der Waals surface area contributed by atoms with Gasteiger partial charge in [0.25, 0.3) is 0 Å². The summed E-state index contributed by atoms with van der Waals surface area (Å²) in [5.41, 5.74) is 11.4. The number of rotatable bonds is 6. The number of anilines is 1. The monoisotopic (exact) mass is 443 g/mol. The fourth-order valence-electron chi connectivity index (χ4n) is 4.54. The van der Waals surface area contributed by atoms with Crippen LogP contribution >= 0.6 is 0 Å². The molecule has 0 radical (unpaired) electrons. The number of hydrogen-bond donors (Lipinski definition) is 2. The van der Waals surface area contributed by atoms with Gasteiger partial charge in [-0.1, -0.05) is 24.3 Å². The molecule has 1 saturated heterocycles. The molecule has 1 fully saturated rings. The van der Waals surface area contributed by atoms with E-state index in [-0.39, 0.29) is 6.10 Å². The van der Waals surface area contributed by atoms with Gasteiger partial charge >= 0.3 is 0 Å². The molecule has 0 saturated carbocycles. The quantitative estimate of drug-likeness (QED) is 0.473. The van der Waals surface area contributed by atoms with Gasteiger partial charge in [0.15, 0.2) is 5.65 Å². The number of nitrogens with two attached hydrogens (primary N) is 1. The Morgan fingerprint density at radius 2 is 1.88 bits per heavy atom. The lowest BCUT2D eigenvalue weighted by atomic mass is 10.1. The molecule has 0 atom stereocenters. The van der Waals surface area contributed by atoms with Gasteiger partial charge in [-0.15, -0.1) is 0 Å². The summed E-state index contributed by atoms with van der Waals surface area (Å²) in [7, 11) is 1.66. The van der Waals surface area contributed by atoms with E-state index in [1.807, 2.05) is 24.3 Å². The van der Waals surface area contributed by atoms with Gasteiger partial charge in [-0.25, -0.2) is 9.97 Å². The van der Waals surface area contributed by atoms with Gasteiger partial charge in [-0.2, -0.15) is 0 Å². The molecule has 5 rings (SSSR count). The molecule has 2 aromatic heterocycles. The van der Waals surface area contributed by atoms with Crippen LogP contribution in [0.15, 0.2) is 61.1 Å². The average Bonchev–Trinajstić information content (AvgIpc) is 3.25. The molecule has 7 nitrogen and oxygen atoms in total. The van der Waals surface area contributed by atoms with E-state index in [0.29, 0.717) is 5.82 Å². The van der Waals surface area contributed by atoms with E-state index in [2.05, 4.69) is 49.9 Å². The largest absolute Gasteiger partial charge is 0.497 e. The molecule has 1 aliphatic heterocycles. The van der Waals surface area contributed by atoms with Crippen LogP contribution in [-0.2, 0) is 6.42 Å². The number of benzene rings is 2. The number of fused-ring (bicyclic) bond motifs is 1. The van der Waals surface area contributed by atoms with E-state index in [9.17, 15) is 5.11 Å². The molecule has 0 spiro atoms. The van der Waals surface area contributed by atoms with E-state index in [1.54, 1.807) is 7.11 Å². The predicted octanol–water partition coefficient (Wildman–Crippen LogP) is 3.68. The zero-order chi connectivity index (χ0) is 22.8. The fourth-order valence-corrected chi connectivity index (χ4v) is 4.54. The van der Waals surface area contributed by atoms with Gasteiger partial charge in [0.05, 0.1) is 18.6 Å². The third kappa shape index (κ3) is 4.42. The van der Waals surface area contributed by atoms with Crippen LogP contribution in [0, 0.1) is 0 Å². The van der Waals surface area contributed by atoms with Crippen molar-refractivity contribution in [2.75, 3.05) is 32.5 Å². The molecule has 1 aliphatic rings. The molecule has 0 bridgehead atoms. The molecule has 3 heterocycles. The number of hydrogen-bond acceptors (Lipinski definition) is 6. The SMILES string of the molecule is COc1cccc(-c2cn(-c3ccc(CCN4CCC(O)CC4)cc3)c3ncnc(N)c23)c1. The summed E-state index contributed by atoms with van der Waals surface area (Å²) >= 11 is 0. The zero-order valence-corrected chi connectivity index (χ0v) is 18.8. The summed E-state index contributed by atoms with van der Waals surface area (Å²) in [6, 6.07) is 16.5. The van der Waals surface area contributed by atoms with Gasteiger partial charge in [-0.05, 0) is 54.7 Å². The Labute approximate surface area is 193 Å². The van der Waals surface area contributed by atoms with Crippen LogP contribution in [0.4, 0.5) is 5.82 Å². The van der Waals surface area contributed by atoms with E-state index in [4.69, 9.17) is 10.5 Å². The number of aliphatic hydroxyl groups is 1. The van der Waals surface area contributed by atoms with Crippen molar-refractivity contribution in [2.45, 2.75) is 25.4 Å². The van der Waals surface area contributed by atoms with Gasteiger partial charge in [0.2, 0.25) is 0 Å². The van der Waals surface area contributed by atoms with Crippen LogP contribution in [0.3, 0.4) is 0 Å². The summed E-state index contributed by atoms with van der Waals surface area (Å²) in [6.45, 7) is 2.97. The summed E-state index contributed by atoms with van der Waals surface area (Å²) in [5.74, 6) is 1.25. The van der Waals surface area contributed by atoms with Crippen molar-refractivity contribution in [3.63, 3.8) is 0 Å². The van der Waals surface area contributed by atoms with E-state index < -0.39 is 0 Å². The van der Waals surface area contributed by atoms with Crippen molar-refractivity contribution in [3.8, 4) is 22.6 Å². The Bertz CT molecular complexity index is 1240. The maximum atomic E-state index is 9.69. The first-order valence-electron chi connectivity index (χ1n) is 11.4. The van der Waals surface area contributed by atoms with Crippen LogP contribution in [0.25, 0.3) is 27.8 Å². The third-order valence-electron chi connectivity index (χ3n) is 6.48. The van der Waals surface area contributed by atoms with Crippen molar-refractivity contribution in [3.05, 3.63) is 66.6 Å². The molecule has 2 aromatic carbocycles. The number of methoxy groups -OCH3 is 1. The second-order valence-electron chi connectivity index (χ2n) is 8.59. The number of likely N-dealkylation sites (tertiary alicyclic amines) is 1. The van der Waals surface area contributed by atoms with Crippen LogP contribution in [0.1, 0.15) is 18.4 Å². The van der Waals surface area contributed by atoms with Gasteiger partial charge < -0.3 is 25.0 Å². The lowest BCUT2D eigenvalue weighted by Gasteiger charge is -2.29. The van der Waals surface area contributed by atoms with Gasteiger partial charge in [-0.3, -0.25) is 0 Å². The van der Waals surface area contributed by atoms with Crippen molar-refractivity contribution in [1.29, 1.82) is 0 Å². The molecule has 7 heteroatoms. The second-order valence-corrected chi connectivity index (χ2v) is 8.59. The molecule has 0 aliphatic carbocycles. The molecular weight excluding hydrogens is 414 g/mol. The van der Waals surface area contributed by atoms with Crippen LogP contribution < -0.4 is 10.5 Å². The first-order chi connectivity index (χ1) is 16.1. The molecule has 33 heavy (non-hydrogen) atoms. The normalized spacial score (nSPS) is 15.2. The Kier molecular flexibility index (Phi) is 5.98. The third-order valence-corrected chi connectivity index (χ3v) is 6.48. The Morgan fingerprint density at radius 3 is 2.64 bits per heavy atom. The number of aliphatic hydroxyl groups excluding tert-OH is 1. The Balaban J connectivity index is 1.43. The molecule has 170 valence electrons. The van der Waals surface area contributed by atoms with Crippen molar-refractivity contribution in [2.24, 2.45) is 0 Å². The van der Waals surface area contributed by atoms with Gasteiger partial charge in [0.1, 0.15) is 17.9 Å². The first-order valence-corrected chi connectivity index (χ1v) is 11.4. The number of nitrogens with zero attached hydrogens (tertiary/aromatic N) is 4. The smallest absolute Gasteiger partial charge is 0.150 e. The Hall–Kier alpha value is -3.42. The predicted molar refractivity (Wildman–Crippen MR) is 131 cm³/mol. The molecular formula is C26H29N5O2. The summed E-state index contributed by atoms with van der Waals surface area (Å²) < 4.78 is 7.48. The van der Waals surface area contributed by atoms with E-state index in [1.165, 1.54) is 11.9 Å². The van der Waals surface area contributed by atoms with Crippen molar-refractivity contribution >= 4 is 16.9 Å². The molecule has 0 amide bonds. The maximum absolute atomic E-state index is 9.69. The van der Waals surface area contributed by atoms with Gasteiger partial charge in [0, 0.05) is 37.1 Å². The van der Waals surface area contributed by atoms with Crippen LogP contribution in [0.2, 0.25) is 0 Å². The minimum absolute atomic E-state index is 0.128. The zero-order valence-electron chi connectivity index (χ0n) is 18.8. The number of piperidine rings is 1. The maximum Gasteiger partial charge on any atom is 0.150 e. The summed E-state index contributed by atoms with van der Waals surface area (Å²) in [4.78, 5) is 11.2. The topological polar surface area (TPSA) is 89.4 Å². The van der Waals surface area contributed by atoms with Crippen molar-refractivity contribution in [1.82, 2.24) is 19.4 Å². The average molecular weight is 444 g/mol. The summed E-state index contributed by atoms with van der Waals surface area (Å²) in [6.07, 6.45) is 6.19. The van der Waals surface area contributed by atoms with Crippen molar-refractivity contribution < 1.29 is 9.84 Å². The first kappa shape index (κ1) is 21.4. The van der Waals surface area contributed by atoms with Crippen LogP contribution in [-0.4, -0.2) is 57.4 Å². The van der Waals surface area contributed by atoms with E-state index in [0.717, 1.165) is 72.5 Å². The highest BCUT2D eigenvalue weighted by molar-refractivity contribution is 6.01. The highest BCUT2D eigenvalue weighted by atomic mass is 16.5. The molecule has 0 unspecified atom stereocenters. The Morgan fingerprint density at radius 1 is 1.09 bits per heavy atom. The fraction of sp³-hybridized carbons (Fsp3) is 0.308. The number of aromatic nitrogens is 3. The standard InChI is InChI=1S/C26H29N5O2/c1-33-22-4-2-3-19(15-22)23-16-31(26-24(23)25(27)28-17-29-26)20-7-5-18(6-8-20)9-12-30-13-10-21(32)11-14-30/h2-8,15-17,21,32H,9-14H2,1H3,(H2,27,28,29). The summed E-state index contributed by atoms with van der Waals surface area (Å²) in [5, 5.41) is 10.5. The number of nitrogen functional groups attached to an aromatic ring is 1. The van der Waals surface area contributed by atoms with Crippen LogP contribution in [0.5, 0.6) is 5.75 Å². The second kappa shape index (κ2) is 9.21. The lowest BCUT2D eigenvalue weighted by Crippen LogP contribution is -2.37.